The van der Waals surface area contributed by atoms with Crippen LogP contribution in [-0.2, 0) is 28.7 Å². The van der Waals surface area contributed by atoms with Crippen molar-refractivity contribution in [3.8, 4) is 11.1 Å². The highest BCUT2D eigenvalue weighted by atomic mass is 16.6. The molecule has 0 spiro atoms. The smallest absolute Gasteiger partial charge is 0.300 e. The molecule has 0 radical (unpaired) electrons. The zero-order valence-corrected chi connectivity index (χ0v) is 29.1. The van der Waals surface area contributed by atoms with Gasteiger partial charge in [-0.15, -0.1) is 0 Å². The Balaban J connectivity index is 0.990. The highest BCUT2D eigenvalue weighted by molar-refractivity contribution is 6.15. The van der Waals surface area contributed by atoms with Gasteiger partial charge in [-0.05, 0) is 46.1 Å². The molecule has 4 aromatic carbocycles. The number of nitrogens with one attached hydrogen (secondary N) is 2. The number of nitrogens with zero attached hydrogens (tertiary/aromatic N) is 5. The van der Waals surface area contributed by atoms with E-state index in [1.165, 1.54) is 17.0 Å². The van der Waals surface area contributed by atoms with Crippen LogP contribution < -0.4 is 15.5 Å². The quantitative estimate of drug-likeness (QED) is 0.0719. The van der Waals surface area contributed by atoms with E-state index in [-0.39, 0.29) is 67.2 Å². The number of para-hydroxylation sites is 1. The topological polar surface area (TPSA) is 216 Å². The maximum Gasteiger partial charge on any atom is 0.300 e. The number of benzene rings is 4. The number of nitro groups is 1. The largest absolute Gasteiger partial charge is 0.378 e. The molecule has 5 amide bonds. The molecule has 1 aromatic heterocycles. The lowest BCUT2D eigenvalue weighted by Gasteiger charge is -2.38. The number of non-ortho nitro benzene ring substituents is 1. The molecule has 2 aliphatic rings. The summed E-state index contributed by atoms with van der Waals surface area (Å²) >= 11 is 0. The summed E-state index contributed by atoms with van der Waals surface area (Å²) in [6.45, 7) is 0.0237. The maximum atomic E-state index is 14.0. The number of amides is 5. The maximum absolute atomic E-state index is 14.0. The highest BCUT2D eigenvalue weighted by Gasteiger charge is 2.45. The average molecular weight is 748 g/mol. The van der Waals surface area contributed by atoms with Crippen LogP contribution in [0.3, 0.4) is 0 Å². The SMILES string of the molecule is O=C1CCC(N2C(=O)c3ccccc3C(NCCOCCOCC(=O)N(c3ccccc3-c3ccccc3)c3ccc([N+](=O)[O-])c4nonc34)C2=O)C(=O)N1. The molecule has 17 heteroatoms. The third kappa shape index (κ3) is 7.43. The van der Waals surface area contributed by atoms with Gasteiger partial charge < -0.3 is 9.47 Å². The number of carbonyl (C=O) groups is 5. The molecule has 2 N–H and O–H groups in total. The van der Waals surface area contributed by atoms with Crippen LogP contribution >= 0.6 is 0 Å². The molecule has 5 aromatic rings. The van der Waals surface area contributed by atoms with Gasteiger partial charge in [0.2, 0.25) is 17.3 Å². The van der Waals surface area contributed by atoms with Crippen molar-refractivity contribution < 1.29 is 43.0 Å². The molecule has 17 nitrogen and oxygen atoms in total. The molecule has 1 saturated heterocycles. The molecular formula is C38H33N7O10. The van der Waals surface area contributed by atoms with Gasteiger partial charge in [-0.25, -0.2) is 4.63 Å². The summed E-state index contributed by atoms with van der Waals surface area (Å²) in [5.41, 5.74) is 2.52. The van der Waals surface area contributed by atoms with Gasteiger partial charge in [-0.1, -0.05) is 66.7 Å². The lowest BCUT2D eigenvalue weighted by atomic mass is 9.91. The van der Waals surface area contributed by atoms with Gasteiger partial charge in [0, 0.05) is 30.2 Å². The monoisotopic (exact) mass is 747 g/mol. The summed E-state index contributed by atoms with van der Waals surface area (Å²) in [7, 11) is 0. The molecule has 0 saturated carbocycles. The number of aromatic nitrogens is 2. The van der Waals surface area contributed by atoms with Crippen molar-refractivity contribution >= 4 is 57.6 Å². The molecule has 0 aliphatic carbocycles. The second-order valence-electron chi connectivity index (χ2n) is 12.6. The Morgan fingerprint density at radius 3 is 2.36 bits per heavy atom. The first kappa shape index (κ1) is 36.7. The van der Waals surface area contributed by atoms with Crippen molar-refractivity contribution in [1.82, 2.24) is 25.8 Å². The first-order valence-corrected chi connectivity index (χ1v) is 17.3. The predicted octanol–water partition coefficient (Wildman–Crippen LogP) is 3.61. The van der Waals surface area contributed by atoms with Crippen LogP contribution in [0.15, 0.2) is 95.6 Å². The van der Waals surface area contributed by atoms with E-state index < -0.39 is 53.1 Å². The molecular weight excluding hydrogens is 714 g/mol. The van der Waals surface area contributed by atoms with Gasteiger partial charge in [0.15, 0.2) is 5.52 Å². The number of ether oxygens (including phenoxy) is 2. The molecule has 1 fully saturated rings. The highest BCUT2D eigenvalue weighted by Crippen LogP contribution is 2.40. The fraction of sp³-hybridized carbons (Fsp3) is 0.237. The number of nitro benzene ring substituents is 1. The van der Waals surface area contributed by atoms with Crippen molar-refractivity contribution in [2.75, 3.05) is 37.9 Å². The molecule has 7 rings (SSSR count). The van der Waals surface area contributed by atoms with Crippen LogP contribution in [0.1, 0.15) is 34.8 Å². The number of imide groups is 2. The van der Waals surface area contributed by atoms with Crippen LogP contribution in [0.5, 0.6) is 0 Å². The molecule has 0 bridgehead atoms. The van der Waals surface area contributed by atoms with E-state index in [4.69, 9.17) is 14.1 Å². The van der Waals surface area contributed by atoms with Crippen molar-refractivity contribution in [3.05, 3.63) is 112 Å². The summed E-state index contributed by atoms with van der Waals surface area (Å²) in [5, 5.41) is 24.6. The van der Waals surface area contributed by atoms with Gasteiger partial charge in [0.05, 0.1) is 36.1 Å². The Labute approximate surface area is 312 Å². The number of hydrogen-bond acceptors (Lipinski definition) is 13. The van der Waals surface area contributed by atoms with Gasteiger partial charge in [0.1, 0.15) is 18.7 Å². The van der Waals surface area contributed by atoms with Gasteiger partial charge in [0.25, 0.3) is 17.7 Å². The third-order valence-corrected chi connectivity index (χ3v) is 9.21. The van der Waals surface area contributed by atoms with Gasteiger partial charge in [-0.3, -0.25) is 54.5 Å². The van der Waals surface area contributed by atoms with Crippen LogP contribution in [-0.4, -0.2) is 88.7 Å². The third-order valence-electron chi connectivity index (χ3n) is 9.21. The lowest BCUT2D eigenvalue weighted by Crippen LogP contribution is -2.60. The normalized spacial score (nSPS) is 16.9. The van der Waals surface area contributed by atoms with Crippen LogP contribution in [0.25, 0.3) is 22.2 Å². The number of carbonyl (C=O) groups excluding carboxylic acids is 5. The number of rotatable bonds is 14. The first-order valence-electron chi connectivity index (χ1n) is 17.3. The summed E-state index contributed by atoms with van der Waals surface area (Å²) < 4.78 is 16.3. The second kappa shape index (κ2) is 16.1. The van der Waals surface area contributed by atoms with E-state index in [2.05, 4.69) is 20.9 Å². The van der Waals surface area contributed by atoms with E-state index in [0.29, 0.717) is 16.8 Å². The second-order valence-corrected chi connectivity index (χ2v) is 12.6. The van der Waals surface area contributed by atoms with Crippen molar-refractivity contribution in [2.45, 2.75) is 24.9 Å². The molecule has 2 unspecified atom stereocenters. The predicted molar refractivity (Wildman–Crippen MR) is 194 cm³/mol. The Kier molecular flexibility index (Phi) is 10.8. The summed E-state index contributed by atoms with van der Waals surface area (Å²) in [5.74, 6) is -2.87. The van der Waals surface area contributed by atoms with Crippen molar-refractivity contribution in [1.29, 1.82) is 0 Å². The average Bonchev–Trinajstić information content (AvgIpc) is 3.69. The number of fused-ring (bicyclic) bond motifs is 2. The van der Waals surface area contributed by atoms with Crippen LogP contribution in [0.2, 0.25) is 0 Å². The van der Waals surface area contributed by atoms with Crippen molar-refractivity contribution in [3.63, 3.8) is 0 Å². The minimum atomic E-state index is -1.10. The zero-order valence-electron chi connectivity index (χ0n) is 29.1. The minimum absolute atomic E-state index is 0.00767. The Hall–Kier alpha value is -6.69. The molecule has 2 aliphatic heterocycles. The van der Waals surface area contributed by atoms with E-state index >= 15 is 0 Å². The minimum Gasteiger partial charge on any atom is -0.378 e. The number of piperidine rings is 1. The zero-order chi connectivity index (χ0) is 38.5. The van der Waals surface area contributed by atoms with Crippen molar-refractivity contribution in [2.24, 2.45) is 0 Å². The van der Waals surface area contributed by atoms with Gasteiger partial charge in [-0.2, -0.15) is 0 Å². The summed E-state index contributed by atoms with van der Waals surface area (Å²) in [6.07, 6.45) is 0.0450. The Morgan fingerprint density at radius 2 is 1.58 bits per heavy atom. The van der Waals surface area contributed by atoms with E-state index in [9.17, 15) is 34.1 Å². The van der Waals surface area contributed by atoms with Crippen LogP contribution in [0, 0.1) is 10.1 Å². The standard InChI is InChI=1S/C38H33N7O10/c46-31-17-16-30(36(48)40-31)44-37(49)26-12-5-4-11-25(26)33(38(44)50)39-18-19-53-20-21-54-22-32(47)43(27-13-7-6-10-24(27)23-8-2-1-3-9-23)28-14-15-29(45(51)52)35-34(28)41-55-42-35/h1-15,30,33,39H,16-22H2,(H,40,46,48). The fourth-order valence-electron chi connectivity index (χ4n) is 6.68. The Bertz CT molecular complexity index is 2300. The lowest BCUT2D eigenvalue weighted by molar-refractivity contribution is -0.383. The number of anilines is 2. The number of hydrogen-bond donors (Lipinski definition) is 2. The van der Waals surface area contributed by atoms with E-state index in [1.54, 1.807) is 36.4 Å². The molecule has 55 heavy (non-hydrogen) atoms. The van der Waals surface area contributed by atoms with Crippen LogP contribution in [0.4, 0.5) is 17.1 Å². The molecule has 280 valence electrons. The molecule has 3 heterocycles. The van der Waals surface area contributed by atoms with E-state index in [1.807, 2.05) is 42.5 Å². The summed E-state index contributed by atoms with van der Waals surface area (Å²) in [6, 6.07) is 23.8. The van der Waals surface area contributed by atoms with E-state index in [0.717, 1.165) is 10.5 Å². The Morgan fingerprint density at radius 1 is 0.873 bits per heavy atom. The first-order chi connectivity index (χ1) is 26.7. The molecule has 2 atom stereocenters. The van der Waals surface area contributed by atoms with Gasteiger partial charge >= 0.3 is 5.69 Å². The summed E-state index contributed by atoms with van der Waals surface area (Å²) in [4.78, 5) is 78.5. The fourth-order valence-corrected chi connectivity index (χ4v) is 6.68.